The fourth-order valence-electron chi connectivity index (χ4n) is 2.33. The summed E-state index contributed by atoms with van der Waals surface area (Å²) < 4.78 is 0. The van der Waals surface area contributed by atoms with Crippen LogP contribution in [-0.4, -0.2) is 30.1 Å². The van der Waals surface area contributed by atoms with Crippen LogP contribution in [0.3, 0.4) is 0 Å². The van der Waals surface area contributed by atoms with Crippen molar-refractivity contribution < 1.29 is 14.9 Å². The quantitative estimate of drug-likeness (QED) is 0.208. The molecule has 4 heteroatoms. The van der Waals surface area contributed by atoms with Gasteiger partial charge in [0.05, 0.1) is 0 Å². The molecule has 0 fully saturated rings. The van der Waals surface area contributed by atoms with Gasteiger partial charge in [-0.1, -0.05) is 84.0 Å². The van der Waals surface area contributed by atoms with E-state index in [1.165, 1.54) is 70.6 Å². The van der Waals surface area contributed by atoms with Gasteiger partial charge in [0.2, 0.25) is 0 Å². The first-order valence-electron chi connectivity index (χ1n) is 8.15. The first-order valence-corrected chi connectivity index (χ1v) is 8.15. The minimum absolute atomic E-state index is 0. The van der Waals surface area contributed by atoms with E-state index in [9.17, 15) is 4.79 Å². The first kappa shape index (κ1) is 22.3. The Hall–Kier alpha value is 0.0274. The van der Waals surface area contributed by atoms with Gasteiger partial charge in [-0.2, -0.15) is 5.26 Å². The van der Waals surface area contributed by atoms with Crippen LogP contribution < -0.4 is 0 Å². The van der Waals surface area contributed by atoms with E-state index < -0.39 is 5.97 Å². The Morgan fingerprint density at radius 1 is 0.750 bits per heavy atom. The smallest absolute Gasteiger partial charge is 0.301 e. The van der Waals surface area contributed by atoms with Gasteiger partial charge in [0.1, 0.15) is 0 Å². The van der Waals surface area contributed by atoms with Gasteiger partial charge >= 0.3 is 5.97 Å². The molecule has 3 nitrogen and oxygen atoms in total. The minimum Gasteiger partial charge on any atom is -0.301 e. The van der Waals surface area contributed by atoms with E-state index in [1.807, 2.05) is 0 Å². The number of carbonyl (C=O) groups excluding carboxylic acids is 1. The second-order valence-corrected chi connectivity index (χ2v) is 5.46. The largest absolute Gasteiger partial charge is 0.342 e. The normalized spacial score (nSPS) is 10.1. The van der Waals surface area contributed by atoms with Gasteiger partial charge in [-0.05, 0) is 6.42 Å². The van der Waals surface area contributed by atoms with Crippen LogP contribution in [0.15, 0.2) is 0 Å². The number of carbonyl (C=O) groups is 1. The fourth-order valence-corrected chi connectivity index (χ4v) is 2.33. The van der Waals surface area contributed by atoms with E-state index >= 15 is 0 Å². The predicted molar refractivity (Wildman–Crippen MR) is 84.8 cm³/mol. The molecule has 0 saturated heterocycles. The van der Waals surface area contributed by atoms with Gasteiger partial charge in [-0.25, -0.2) is 4.79 Å². The van der Waals surface area contributed by atoms with Crippen molar-refractivity contribution in [2.45, 2.75) is 96.8 Å². The van der Waals surface area contributed by atoms with Gasteiger partial charge in [-0.15, -0.1) is 0 Å². The van der Waals surface area contributed by atoms with Crippen molar-refractivity contribution in [2.24, 2.45) is 0 Å². The summed E-state index contributed by atoms with van der Waals surface area (Å²) in [5, 5.41) is 8.08. The summed E-state index contributed by atoms with van der Waals surface area (Å²) >= 11 is 0. The molecule has 0 aliphatic rings. The van der Waals surface area contributed by atoms with Crippen LogP contribution in [-0.2, 0) is 9.68 Å². The Kier molecular flexibility index (Phi) is 21.2. The molecule has 0 aromatic heterocycles. The molecule has 0 unspecified atom stereocenters. The van der Waals surface area contributed by atoms with E-state index in [1.54, 1.807) is 0 Å². The van der Waals surface area contributed by atoms with Crippen LogP contribution in [0.1, 0.15) is 96.8 Å². The van der Waals surface area contributed by atoms with Gasteiger partial charge in [0.15, 0.2) is 0 Å². The van der Waals surface area contributed by atoms with Crippen LogP contribution in [0.4, 0.5) is 0 Å². The van der Waals surface area contributed by atoms with Crippen molar-refractivity contribution in [1.29, 1.82) is 0 Å². The average Bonchev–Trinajstić information content (AvgIpc) is 2.43. The molecule has 0 spiro atoms. The van der Waals surface area contributed by atoms with Gasteiger partial charge < -0.3 is 4.89 Å². The van der Waals surface area contributed by atoms with E-state index in [-0.39, 0.29) is 18.9 Å². The van der Waals surface area contributed by atoms with E-state index in [4.69, 9.17) is 5.26 Å². The third-order valence-electron chi connectivity index (χ3n) is 3.59. The zero-order valence-electron chi connectivity index (χ0n) is 13.7. The molecule has 0 aromatic rings. The summed E-state index contributed by atoms with van der Waals surface area (Å²) in [6.07, 6.45) is 17.1. The van der Waals surface area contributed by atoms with Gasteiger partial charge in [-0.3, -0.25) is 0 Å². The maximum absolute atomic E-state index is 10.6. The minimum atomic E-state index is -0.511. The number of unbranched alkanes of at least 4 members (excludes halogenated alkanes) is 12. The second kappa shape index (κ2) is 19.0. The molecule has 0 aliphatic carbocycles. The first-order chi connectivity index (χ1) is 9.31. The maximum Gasteiger partial charge on any atom is 0.342 e. The molecule has 20 heavy (non-hydrogen) atoms. The molecule has 1 radical (unpaired) electrons. The number of rotatable bonds is 14. The van der Waals surface area contributed by atoms with Crippen LogP contribution in [0.25, 0.3) is 0 Å². The molecule has 0 atom stereocenters. The summed E-state index contributed by atoms with van der Waals surface area (Å²) in [6, 6.07) is 0. The van der Waals surface area contributed by atoms with E-state index in [2.05, 4.69) is 11.8 Å². The molecular weight excluding hydrogens is 247 g/mol. The Labute approximate surface area is 137 Å². The predicted octanol–water partition coefficient (Wildman–Crippen LogP) is 5.10. The number of hydrogen-bond donors (Lipinski definition) is 1. The van der Waals surface area contributed by atoms with Crippen molar-refractivity contribution in [3.63, 3.8) is 0 Å². The molecule has 115 valence electrons. The molecule has 0 amide bonds. The Balaban J connectivity index is 0. The van der Waals surface area contributed by atoms with E-state index in [0.29, 0.717) is 6.42 Å². The molecule has 0 rings (SSSR count). The molecule has 0 heterocycles. The average molecular weight is 279 g/mol. The van der Waals surface area contributed by atoms with Gasteiger partial charge in [0.25, 0.3) is 0 Å². The molecule has 1 N–H and O–H groups in total. The number of hydrogen-bond acceptors (Lipinski definition) is 3. The van der Waals surface area contributed by atoms with Crippen LogP contribution in [0, 0.1) is 0 Å². The Morgan fingerprint density at radius 3 is 1.45 bits per heavy atom. The van der Waals surface area contributed by atoms with Crippen molar-refractivity contribution in [3.05, 3.63) is 0 Å². The molecule has 0 aliphatic heterocycles. The Bertz CT molecular complexity index is 198. The van der Waals surface area contributed by atoms with Crippen LogP contribution >= 0.6 is 0 Å². The molecule has 0 aromatic carbocycles. The summed E-state index contributed by atoms with van der Waals surface area (Å²) in [4.78, 5) is 14.3. The zero-order valence-corrected chi connectivity index (χ0v) is 13.7. The SMILES string of the molecule is CCCCCCCCCCCCCCCC(=O)OO.[Li]. The fraction of sp³-hybridized carbons (Fsp3) is 0.938. The second-order valence-electron chi connectivity index (χ2n) is 5.46. The maximum atomic E-state index is 10.6. The summed E-state index contributed by atoms with van der Waals surface area (Å²) in [5.74, 6) is -0.511. The molecule has 0 bridgehead atoms. The van der Waals surface area contributed by atoms with Crippen molar-refractivity contribution in [2.75, 3.05) is 0 Å². The molecular formula is C16H32LiO3. The van der Waals surface area contributed by atoms with Crippen molar-refractivity contribution in [1.82, 2.24) is 0 Å². The standard InChI is InChI=1S/C16H32O3.Li/c1-2-3-4-5-6-7-8-9-10-11-12-13-14-15-16(17)19-18;/h18H,2-15H2,1H3;. The summed E-state index contributed by atoms with van der Waals surface area (Å²) in [5.41, 5.74) is 0. The molecule has 0 saturated carbocycles. The van der Waals surface area contributed by atoms with E-state index in [0.717, 1.165) is 12.8 Å². The van der Waals surface area contributed by atoms with Crippen LogP contribution in [0.5, 0.6) is 0 Å². The summed E-state index contributed by atoms with van der Waals surface area (Å²) in [7, 11) is 0. The van der Waals surface area contributed by atoms with Crippen molar-refractivity contribution >= 4 is 24.8 Å². The monoisotopic (exact) mass is 279 g/mol. The van der Waals surface area contributed by atoms with Crippen LogP contribution in [0.2, 0.25) is 0 Å². The van der Waals surface area contributed by atoms with Crippen molar-refractivity contribution in [3.8, 4) is 0 Å². The third kappa shape index (κ3) is 18.0. The summed E-state index contributed by atoms with van der Waals surface area (Å²) in [6.45, 7) is 2.26. The van der Waals surface area contributed by atoms with Gasteiger partial charge in [0, 0.05) is 25.3 Å². The third-order valence-corrected chi connectivity index (χ3v) is 3.59. The topological polar surface area (TPSA) is 46.5 Å². The zero-order chi connectivity index (χ0) is 14.2. The Morgan fingerprint density at radius 2 is 1.10 bits per heavy atom.